The summed E-state index contributed by atoms with van der Waals surface area (Å²) < 4.78 is 10.0. The molecule has 6 nitrogen and oxygen atoms in total. The zero-order valence-corrected chi connectivity index (χ0v) is 11.3. The topological polar surface area (TPSA) is 67.9 Å². The van der Waals surface area contributed by atoms with Gasteiger partial charge in [0.1, 0.15) is 6.04 Å². The number of nitrogens with one attached hydrogen (secondary N) is 1. The Morgan fingerprint density at radius 3 is 2.89 bits per heavy atom. The lowest BCUT2D eigenvalue weighted by molar-refractivity contribution is -0.145. The van der Waals surface area contributed by atoms with E-state index in [2.05, 4.69) is 10.1 Å². The van der Waals surface area contributed by atoms with Gasteiger partial charge in [0, 0.05) is 19.1 Å². The first kappa shape index (κ1) is 14.9. The highest BCUT2D eigenvalue weighted by atomic mass is 16.5. The van der Waals surface area contributed by atoms with Crippen molar-refractivity contribution in [3.63, 3.8) is 0 Å². The van der Waals surface area contributed by atoms with Crippen molar-refractivity contribution in [3.8, 4) is 0 Å². The standard InChI is InChI=1S/C12H22N2O4/c1-4-13-12(16)10-8-18-6-5-14(10)9(2)7-11(15)17-3/h9-10H,4-8H2,1-3H3,(H,13,16). The van der Waals surface area contributed by atoms with E-state index >= 15 is 0 Å². The third-order valence-electron chi connectivity index (χ3n) is 3.08. The Bertz CT molecular complexity index is 296. The van der Waals surface area contributed by atoms with E-state index in [9.17, 15) is 9.59 Å². The molecule has 0 aromatic carbocycles. The van der Waals surface area contributed by atoms with Crippen LogP contribution in [0.4, 0.5) is 0 Å². The lowest BCUT2D eigenvalue weighted by Gasteiger charge is -2.38. The highest BCUT2D eigenvalue weighted by molar-refractivity contribution is 5.82. The van der Waals surface area contributed by atoms with Gasteiger partial charge >= 0.3 is 5.97 Å². The van der Waals surface area contributed by atoms with E-state index < -0.39 is 0 Å². The molecule has 0 aliphatic carbocycles. The van der Waals surface area contributed by atoms with Crippen LogP contribution in [0.3, 0.4) is 0 Å². The van der Waals surface area contributed by atoms with Gasteiger partial charge in [0.15, 0.2) is 0 Å². The molecule has 1 aliphatic heterocycles. The van der Waals surface area contributed by atoms with E-state index in [1.54, 1.807) is 0 Å². The van der Waals surface area contributed by atoms with Gasteiger partial charge in [-0.25, -0.2) is 0 Å². The molecule has 0 radical (unpaired) electrons. The maximum Gasteiger partial charge on any atom is 0.307 e. The highest BCUT2D eigenvalue weighted by Crippen LogP contribution is 2.14. The van der Waals surface area contributed by atoms with Gasteiger partial charge in [0.2, 0.25) is 5.91 Å². The first-order valence-corrected chi connectivity index (χ1v) is 6.28. The molecule has 1 fully saturated rings. The van der Waals surface area contributed by atoms with Crippen molar-refractivity contribution < 1.29 is 19.1 Å². The van der Waals surface area contributed by atoms with Crippen molar-refractivity contribution in [2.24, 2.45) is 0 Å². The molecule has 1 N–H and O–H groups in total. The second kappa shape index (κ2) is 7.33. The Labute approximate surface area is 108 Å². The molecule has 2 unspecified atom stereocenters. The number of ether oxygens (including phenoxy) is 2. The number of carbonyl (C=O) groups excluding carboxylic acids is 2. The van der Waals surface area contributed by atoms with Gasteiger partial charge < -0.3 is 14.8 Å². The van der Waals surface area contributed by atoms with E-state index in [4.69, 9.17) is 4.74 Å². The number of likely N-dealkylation sites (N-methyl/N-ethyl adjacent to an activating group) is 1. The molecule has 1 aliphatic rings. The molecule has 1 rings (SSSR count). The molecule has 1 heterocycles. The maximum absolute atomic E-state index is 11.9. The van der Waals surface area contributed by atoms with Gasteiger partial charge in [-0.3, -0.25) is 14.5 Å². The first-order valence-electron chi connectivity index (χ1n) is 6.28. The number of morpholine rings is 1. The average Bonchev–Trinajstić information content (AvgIpc) is 2.38. The Hall–Kier alpha value is -1.14. The minimum absolute atomic E-state index is 0.0334. The number of amides is 1. The molecule has 1 amide bonds. The predicted molar refractivity (Wildman–Crippen MR) is 66.1 cm³/mol. The third kappa shape index (κ3) is 3.96. The fourth-order valence-corrected chi connectivity index (χ4v) is 2.10. The van der Waals surface area contributed by atoms with Crippen LogP contribution in [-0.4, -0.2) is 62.3 Å². The van der Waals surface area contributed by atoms with E-state index in [1.165, 1.54) is 7.11 Å². The van der Waals surface area contributed by atoms with Gasteiger partial charge in [0.25, 0.3) is 0 Å². The molecular weight excluding hydrogens is 236 g/mol. The van der Waals surface area contributed by atoms with Gasteiger partial charge in [-0.15, -0.1) is 0 Å². The molecule has 2 atom stereocenters. The maximum atomic E-state index is 11.9. The predicted octanol–water partition coefficient (Wildman–Crippen LogP) is -0.225. The van der Waals surface area contributed by atoms with Crippen molar-refractivity contribution in [2.45, 2.75) is 32.4 Å². The summed E-state index contributed by atoms with van der Waals surface area (Å²) in [5.41, 5.74) is 0. The van der Waals surface area contributed by atoms with Crippen molar-refractivity contribution in [2.75, 3.05) is 33.4 Å². The zero-order valence-electron chi connectivity index (χ0n) is 11.3. The molecule has 0 aromatic rings. The number of rotatable bonds is 5. The number of carbonyl (C=O) groups is 2. The van der Waals surface area contributed by atoms with Crippen LogP contribution in [-0.2, 0) is 19.1 Å². The van der Waals surface area contributed by atoms with Crippen molar-refractivity contribution in [1.82, 2.24) is 10.2 Å². The zero-order chi connectivity index (χ0) is 13.5. The summed E-state index contributed by atoms with van der Waals surface area (Å²) in [6.45, 7) is 6.01. The van der Waals surface area contributed by atoms with Gasteiger partial charge in [0.05, 0.1) is 26.7 Å². The fourth-order valence-electron chi connectivity index (χ4n) is 2.10. The van der Waals surface area contributed by atoms with E-state index in [0.717, 1.165) is 0 Å². The van der Waals surface area contributed by atoms with E-state index in [0.29, 0.717) is 26.3 Å². The quantitative estimate of drug-likeness (QED) is 0.690. The fraction of sp³-hybridized carbons (Fsp3) is 0.833. The Kier molecular flexibility index (Phi) is 6.07. The minimum Gasteiger partial charge on any atom is -0.469 e. The first-order chi connectivity index (χ1) is 8.60. The number of methoxy groups -OCH3 is 1. The molecular formula is C12H22N2O4. The number of hydrogen-bond donors (Lipinski definition) is 1. The lowest BCUT2D eigenvalue weighted by Crippen LogP contribution is -2.56. The van der Waals surface area contributed by atoms with Gasteiger partial charge in [-0.1, -0.05) is 0 Å². The van der Waals surface area contributed by atoms with E-state index in [1.807, 2.05) is 18.7 Å². The molecule has 0 bridgehead atoms. The monoisotopic (exact) mass is 258 g/mol. The molecule has 0 spiro atoms. The van der Waals surface area contributed by atoms with Crippen LogP contribution in [0.5, 0.6) is 0 Å². The van der Waals surface area contributed by atoms with Crippen LogP contribution in [0.25, 0.3) is 0 Å². The molecule has 1 saturated heterocycles. The Morgan fingerprint density at radius 2 is 2.28 bits per heavy atom. The SMILES string of the molecule is CCNC(=O)C1COCCN1C(C)CC(=O)OC. The molecule has 6 heteroatoms. The Morgan fingerprint density at radius 1 is 1.56 bits per heavy atom. The molecule has 0 saturated carbocycles. The molecule has 18 heavy (non-hydrogen) atoms. The van der Waals surface area contributed by atoms with Crippen LogP contribution in [0.1, 0.15) is 20.3 Å². The summed E-state index contributed by atoms with van der Waals surface area (Å²) in [6, 6.07) is -0.354. The molecule has 0 aromatic heterocycles. The Balaban J connectivity index is 2.63. The van der Waals surface area contributed by atoms with Crippen molar-refractivity contribution in [3.05, 3.63) is 0 Å². The third-order valence-corrected chi connectivity index (χ3v) is 3.08. The number of hydrogen-bond acceptors (Lipinski definition) is 5. The van der Waals surface area contributed by atoms with Crippen LogP contribution < -0.4 is 5.32 Å². The highest BCUT2D eigenvalue weighted by Gasteiger charge is 2.33. The summed E-state index contributed by atoms with van der Waals surface area (Å²) in [4.78, 5) is 25.2. The summed E-state index contributed by atoms with van der Waals surface area (Å²) in [5.74, 6) is -0.308. The summed E-state index contributed by atoms with van der Waals surface area (Å²) in [7, 11) is 1.37. The van der Waals surface area contributed by atoms with E-state index in [-0.39, 0.29) is 30.4 Å². The number of esters is 1. The van der Waals surface area contributed by atoms with Crippen LogP contribution in [0.15, 0.2) is 0 Å². The number of nitrogens with zero attached hydrogens (tertiary/aromatic N) is 1. The van der Waals surface area contributed by atoms with Crippen LogP contribution >= 0.6 is 0 Å². The van der Waals surface area contributed by atoms with Crippen LogP contribution in [0.2, 0.25) is 0 Å². The smallest absolute Gasteiger partial charge is 0.307 e. The summed E-state index contributed by atoms with van der Waals surface area (Å²) >= 11 is 0. The van der Waals surface area contributed by atoms with Gasteiger partial charge in [-0.05, 0) is 13.8 Å². The summed E-state index contributed by atoms with van der Waals surface area (Å²) in [6.07, 6.45) is 0.284. The van der Waals surface area contributed by atoms with Gasteiger partial charge in [-0.2, -0.15) is 0 Å². The average molecular weight is 258 g/mol. The second-order valence-electron chi connectivity index (χ2n) is 4.35. The minimum atomic E-state index is -0.321. The van der Waals surface area contributed by atoms with Crippen molar-refractivity contribution in [1.29, 1.82) is 0 Å². The summed E-state index contributed by atoms with van der Waals surface area (Å²) in [5, 5.41) is 2.79. The van der Waals surface area contributed by atoms with Crippen LogP contribution in [0, 0.1) is 0 Å². The second-order valence-corrected chi connectivity index (χ2v) is 4.35. The normalized spacial score (nSPS) is 22.3. The largest absolute Gasteiger partial charge is 0.469 e. The molecule has 104 valence electrons. The lowest BCUT2D eigenvalue weighted by atomic mass is 10.1. The van der Waals surface area contributed by atoms with Crippen molar-refractivity contribution >= 4 is 11.9 Å².